The first-order valence-electron chi connectivity index (χ1n) is 7.82. The minimum Gasteiger partial charge on any atom is -0.381 e. The number of fused-ring (bicyclic) bond motifs is 2. The molecule has 2 aliphatic carbocycles. The fourth-order valence-electron chi connectivity index (χ4n) is 4.37. The average molecular weight is 266 g/mol. The standard InChI is InChI=1S/C15H26N2O2/c1-2-19-9-10-5-6-17(8-10)15(18)13-11-3-4-12(7-11)14(13)16/h10-14H,2-9,16H2,1H3. The van der Waals surface area contributed by atoms with Crippen LogP contribution in [-0.2, 0) is 9.53 Å². The SMILES string of the molecule is CCOCC1CCN(C(=O)C2C3CCC(C3)C2N)C1. The van der Waals surface area contributed by atoms with Gasteiger partial charge >= 0.3 is 0 Å². The van der Waals surface area contributed by atoms with Gasteiger partial charge in [0.25, 0.3) is 0 Å². The maximum atomic E-state index is 12.7. The Morgan fingerprint density at radius 2 is 2.11 bits per heavy atom. The first-order valence-corrected chi connectivity index (χ1v) is 7.82. The van der Waals surface area contributed by atoms with E-state index in [0.717, 1.165) is 32.7 Å². The van der Waals surface area contributed by atoms with Crippen LogP contribution in [0.2, 0.25) is 0 Å². The Balaban J connectivity index is 1.57. The van der Waals surface area contributed by atoms with Crippen LogP contribution in [0, 0.1) is 23.7 Å². The molecule has 2 saturated carbocycles. The van der Waals surface area contributed by atoms with Gasteiger partial charge in [0.05, 0.1) is 12.5 Å². The van der Waals surface area contributed by atoms with Crippen molar-refractivity contribution in [1.82, 2.24) is 4.90 Å². The molecule has 1 aliphatic heterocycles. The van der Waals surface area contributed by atoms with E-state index >= 15 is 0 Å². The number of amides is 1. The summed E-state index contributed by atoms with van der Waals surface area (Å²) in [5.74, 6) is 2.15. The van der Waals surface area contributed by atoms with Crippen molar-refractivity contribution >= 4 is 5.91 Å². The number of ether oxygens (including phenoxy) is 1. The van der Waals surface area contributed by atoms with Gasteiger partial charge in [0, 0.05) is 31.7 Å². The van der Waals surface area contributed by atoms with Gasteiger partial charge in [-0.1, -0.05) is 0 Å². The van der Waals surface area contributed by atoms with E-state index in [1.165, 1.54) is 19.3 Å². The van der Waals surface area contributed by atoms with Gasteiger partial charge in [-0.15, -0.1) is 0 Å². The van der Waals surface area contributed by atoms with E-state index in [2.05, 4.69) is 4.90 Å². The van der Waals surface area contributed by atoms with Crippen LogP contribution in [0.25, 0.3) is 0 Å². The van der Waals surface area contributed by atoms with Gasteiger partial charge in [-0.25, -0.2) is 0 Å². The summed E-state index contributed by atoms with van der Waals surface area (Å²) in [7, 11) is 0. The Hall–Kier alpha value is -0.610. The summed E-state index contributed by atoms with van der Waals surface area (Å²) in [5.41, 5.74) is 6.28. The number of hydrogen-bond acceptors (Lipinski definition) is 3. The lowest BCUT2D eigenvalue weighted by atomic mass is 9.84. The zero-order valence-electron chi connectivity index (χ0n) is 11.9. The predicted molar refractivity (Wildman–Crippen MR) is 73.5 cm³/mol. The molecule has 1 heterocycles. The molecule has 0 spiro atoms. The third kappa shape index (κ3) is 2.40. The summed E-state index contributed by atoms with van der Waals surface area (Å²) in [6.07, 6.45) is 4.73. The second-order valence-corrected chi connectivity index (χ2v) is 6.53. The molecule has 0 aromatic carbocycles. The number of hydrogen-bond donors (Lipinski definition) is 1. The molecule has 3 aliphatic rings. The average Bonchev–Trinajstić information content (AvgIpc) is 3.11. The predicted octanol–water partition coefficient (Wildman–Crippen LogP) is 1.24. The first kappa shape index (κ1) is 13.4. The molecular weight excluding hydrogens is 240 g/mol. The summed E-state index contributed by atoms with van der Waals surface area (Å²) in [6.45, 7) is 5.35. The monoisotopic (exact) mass is 266 g/mol. The van der Waals surface area contributed by atoms with Gasteiger partial charge < -0.3 is 15.4 Å². The molecule has 2 N–H and O–H groups in total. The zero-order chi connectivity index (χ0) is 13.4. The molecule has 5 atom stereocenters. The molecular formula is C15H26N2O2. The highest BCUT2D eigenvalue weighted by molar-refractivity contribution is 5.80. The molecule has 4 heteroatoms. The summed E-state index contributed by atoms with van der Waals surface area (Å²) < 4.78 is 5.48. The minimum atomic E-state index is 0.115. The second-order valence-electron chi connectivity index (χ2n) is 6.53. The third-order valence-electron chi connectivity index (χ3n) is 5.42. The van der Waals surface area contributed by atoms with Gasteiger partial charge in [-0.05, 0) is 44.4 Å². The van der Waals surface area contributed by atoms with Gasteiger partial charge in [-0.2, -0.15) is 0 Å². The lowest BCUT2D eigenvalue weighted by Gasteiger charge is -2.30. The summed E-state index contributed by atoms with van der Waals surface area (Å²) in [5, 5.41) is 0. The van der Waals surface area contributed by atoms with E-state index < -0.39 is 0 Å². The number of rotatable bonds is 4. The van der Waals surface area contributed by atoms with Crippen molar-refractivity contribution in [1.29, 1.82) is 0 Å². The van der Waals surface area contributed by atoms with Gasteiger partial charge in [0.15, 0.2) is 0 Å². The molecule has 19 heavy (non-hydrogen) atoms. The van der Waals surface area contributed by atoms with Crippen molar-refractivity contribution in [3.63, 3.8) is 0 Å². The zero-order valence-corrected chi connectivity index (χ0v) is 11.9. The second kappa shape index (κ2) is 5.41. The van der Waals surface area contributed by atoms with Crippen LogP contribution >= 0.6 is 0 Å². The third-order valence-corrected chi connectivity index (χ3v) is 5.42. The van der Waals surface area contributed by atoms with Gasteiger partial charge in [0.1, 0.15) is 0 Å². The van der Waals surface area contributed by atoms with Crippen molar-refractivity contribution in [2.45, 2.75) is 38.6 Å². The quantitative estimate of drug-likeness (QED) is 0.833. The topological polar surface area (TPSA) is 55.6 Å². The highest BCUT2D eigenvalue weighted by atomic mass is 16.5. The fourth-order valence-corrected chi connectivity index (χ4v) is 4.37. The van der Waals surface area contributed by atoms with E-state index in [4.69, 9.17) is 10.5 Å². The van der Waals surface area contributed by atoms with Crippen molar-refractivity contribution in [2.24, 2.45) is 29.4 Å². The molecule has 3 fully saturated rings. The molecule has 3 rings (SSSR count). The molecule has 0 radical (unpaired) electrons. The molecule has 1 saturated heterocycles. The summed E-state index contributed by atoms with van der Waals surface area (Å²) >= 11 is 0. The largest absolute Gasteiger partial charge is 0.381 e. The van der Waals surface area contributed by atoms with Crippen LogP contribution in [0.1, 0.15) is 32.6 Å². The first-order chi connectivity index (χ1) is 9.20. The molecule has 2 bridgehead atoms. The van der Waals surface area contributed by atoms with E-state index in [1.54, 1.807) is 0 Å². The van der Waals surface area contributed by atoms with Gasteiger partial charge in [-0.3, -0.25) is 4.79 Å². The molecule has 108 valence electrons. The Morgan fingerprint density at radius 1 is 1.32 bits per heavy atom. The Kier molecular flexibility index (Phi) is 3.81. The van der Waals surface area contributed by atoms with Crippen molar-refractivity contribution in [3.05, 3.63) is 0 Å². The lowest BCUT2D eigenvalue weighted by molar-refractivity contribution is -0.136. The van der Waals surface area contributed by atoms with Crippen LogP contribution in [0.15, 0.2) is 0 Å². The van der Waals surface area contributed by atoms with Crippen LogP contribution in [-0.4, -0.2) is 43.2 Å². The molecule has 0 aromatic rings. The van der Waals surface area contributed by atoms with Gasteiger partial charge in [0.2, 0.25) is 5.91 Å². The Bertz CT molecular complexity index is 345. The normalized spacial score (nSPS) is 41.2. The number of carbonyl (C=O) groups is 1. The highest BCUT2D eigenvalue weighted by Crippen LogP contribution is 2.48. The highest BCUT2D eigenvalue weighted by Gasteiger charge is 2.50. The fraction of sp³-hybridized carbons (Fsp3) is 0.933. The Labute approximate surface area is 115 Å². The van der Waals surface area contributed by atoms with Crippen LogP contribution in [0.5, 0.6) is 0 Å². The molecule has 5 unspecified atom stereocenters. The number of carbonyl (C=O) groups excluding carboxylic acids is 1. The van der Waals surface area contributed by atoms with E-state index in [9.17, 15) is 4.79 Å². The number of nitrogens with two attached hydrogens (primary N) is 1. The smallest absolute Gasteiger partial charge is 0.227 e. The molecule has 4 nitrogen and oxygen atoms in total. The summed E-state index contributed by atoms with van der Waals surface area (Å²) in [6, 6.07) is 0.122. The number of likely N-dealkylation sites (tertiary alicyclic amines) is 1. The number of nitrogens with zero attached hydrogens (tertiary/aromatic N) is 1. The summed E-state index contributed by atoms with van der Waals surface area (Å²) in [4.78, 5) is 14.7. The van der Waals surface area contributed by atoms with Crippen LogP contribution in [0.4, 0.5) is 0 Å². The maximum Gasteiger partial charge on any atom is 0.227 e. The maximum absolute atomic E-state index is 12.7. The van der Waals surface area contributed by atoms with E-state index in [-0.39, 0.29) is 12.0 Å². The van der Waals surface area contributed by atoms with E-state index in [0.29, 0.717) is 23.7 Å². The molecule has 1 amide bonds. The van der Waals surface area contributed by atoms with Crippen LogP contribution < -0.4 is 5.73 Å². The van der Waals surface area contributed by atoms with Crippen molar-refractivity contribution in [2.75, 3.05) is 26.3 Å². The minimum absolute atomic E-state index is 0.115. The Morgan fingerprint density at radius 3 is 2.79 bits per heavy atom. The van der Waals surface area contributed by atoms with Crippen LogP contribution in [0.3, 0.4) is 0 Å². The molecule has 0 aromatic heterocycles. The van der Waals surface area contributed by atoms with Crippen molar-refractivity contribution in [3.8, 4) is 0 Å². The van der Waals surface area contributed by atoms with E-state index in [1.807, 2.05) is 6.92 Å². The van der Waals surface area contributed by atoms with Crippen molar-refractivity contribution < 1.29 is 9.53 Å². The lowest BCUT2D eigenvalue weighted by Crippen LogP contribution is -2.46.